The zero-order chi connectivity index (χ0) is 21.8. The number of anilines is 1. The van der Waals surface area contributed by atoms with E-state index in [2.05, 4.69) is 52.8 Å². The van der Waals surface area contributed by atoms with Crippen molar-refractivity contribution in [1.82, 2.24) is 14.8 Å². The van der Waals surface area contributed by atoms with Crippen molar-refractivity contribution in [3.05, 3.63) is 51.7 Å². The van der Waals surface area contributed by atoms with E-state index in [-0.39, 0.29) is 11.2 Å². The van der Waals surface area contributed by atoms with Crippen molar-refractivity contribution in [2.75, 3.05) is 5.32 Å². The van der Waals surface area contributed by atoms with Crippen LogP contribution in [-0.2, 0) is 17.6 Å². The van der Waals surface area contributed by atoms with Gasteiger partial charge in [0.05, 0.1) is 16.6 Å². The van der Waals surface area contributed by atoms with Crippen molar-refractivity contribution in [2.24, 2.45) is 7.05 Å². The van der Waals surface area contributed by atoms with Crippen molar-refractivity contribution in [3.63, 3.8) is 0 Å². The fourth-order valence-electron chi connectivity index (χ4n) is 2.63. The Kier molecular flexibility index (Phi) is 7.23. The number of hydrogen-bond acceptors (Lipinski definition) is 7. The molecule has 6 nitrogen and oxygen atoms in total. The number of nitriles is 1. The lowest BCUT2D eigenvalue weighted by Crippen LogP contribution is -2.22. The molecule has 0 bridgehead atoms. The van der Waals surface area contributed by atoms with Gasteiger partial charge in [0, 0.05) is 16.8 Å². The second kappa shape index (κ2) is 9.69. The van der Waals surface area contributed by atoms with Crippen LogP contribution in [0.1, 0.15) is 34.3 Å². The summed E-state index contributed by atoms with van der Waals surface area (Å²) in [5.41, 5.74) is 2.69. The second-order valence-corrected chi connectivity index (χ2v) is 10.5. The minimum Gasteiger partial charge on any atom is -0.316 e. The van der Waals surface area contributed by atoms with Gasteiger partial charge in [0.25, 0.3) is 0 Å². The van der Waals surface area contributed by atoms with Gasteiger partial charge in [0.15, 0.2) is 5.16 Å². The third-order valence-electron chi connectivity index (χ3n) is 4.70. The molecule has 9 heteroatoms. The molecule has 3 rings (SSSR count). The van der Waals surface area contributed by atoms with Crippen LogP contribution in [0.25, 0.3) is 0 Å². The summed E-state index contributed by atoms with van der Waals surface area (Å²) in [6.45, 7) is 7.74. The molecule has 0 saturated heterocycles. The Morgan fingerprint density at radius 1 is 1.27 bits per heavy atom. The lowest BCUT2D eigenvalue weighted by Gasteiger charge is -2.11. The zero-order valence-corrected chi connectivity index (χ0v) is 20.0. The number of rotatable bonds is 7. The first-order valence-electron chi connectivity index (χ1n) is 9.35. The van der Waals surface area contributed by atoms with E-state index in [0.29, 0.717) is 21.5 Å². The first-order valence-corrected chi connectivity index (χ1v) is 12.0. The monoisotopic (exact) mass is 457 g/mol. The second-order valence-electron chi connectivity index (χ2n) is 6.91. The van der Waals surface area contributed by atoms with Gasteiger partial charge in [-0.1, -0.05) is 29.5 Å². The van der Waals surface area contributed by atoms with Crippen molar-refractivity contribution in [1.29, 1.82) is 5.26 Å². The normalized spacial score (nSPS) is 11.9. The minimum absolute atomic E-state index is 0.156. The average Bonchev–Trinajstić information content (AvgIpc) is 3.20. The molecule has 0 spiro atoms. The third-order valence-corrected chi connectivity index (χ3v) is 7.96. The Morgan fingerprint density at radius 2 is 1.97 bits per heavy atom. The van der Waals surface area contributed by atoms with Crippen LogP contribution < -0.4 is 5.32 Å². The summed E-state index contributed by atoms with van der Waals surface area (Å²) in [6.07, 6.45) is 0. The Bertz CT molecular complexity index is 1100. The lowest BCUT2D eigenvalue weighted by molar-refractivity contribution is -0.115. The summed E-state index contributed by atoms with van der Waals surface area (Å²) in [7, 11) is 1.91. The fraction of sp³-hybridized carbons (Fsp3) is 0.333. The molecular formula is C21H23N5OS3. The van der Waals surface area contributed by atoms with Crippen molar-refractivity contribution in [2.45, 2.75) is 48.7 Å². The number of aryl methyl sites for hydroxylation is 2. The Morgan fingerprint density at radius 3 is 2.63 bits per heavy atom. The molecule has 3 aromatic rings. The molecule has 0 aliphatic heterocycles. The van der Waals surface area contributed by atoms with E-state index in [0.717, 1.165) is 16.3 Å². The number of carbonyl (C=O) groups is 1. The van der Waals surface area contributed by atoms with Crippen LogP contribution in [0, 0.1) is 32.1 Å². The molecule has 0 fully saturated rings. The zero-order valence-electron chi connectivity index (χ0n) is 17.5. The smallest absolute Gasteiger partial charge is 0.238 e. The van der Waals surface area contributed by atoms with Gasteiger partial charge in [-0.25, -0.2) is 0 Å². The molecule has 0 radical (unpaired) electrons. The maximum absolute atomic E-state index is 12.7. The van der Waals surface area contributed by atoms with Crippen molar-refractivity contribution >= 4 is 45.8 Å². The fourth-order valence-corrected chi connectivity index (χ4v) is 5.35. The van der Waals surface area contributed by atoms with Gasteiger partial charge in [-0.3, -0.25) is 4.79 Å². The maximum Gasteiger partial charge on any atom is 0.238 e. The number of thiophene rings is 1. The highest BCUT2D eigenvalue weighted by Crippen LogP contribution is 2.33. The molecule has 1 aromatic carbocycles. The van der Waals surface area contributed by atoms with Gasteiger partial charge in [0.1, 0.15) is 16.9 Å². The van der Waals surface area contributed by atoms with E-state index in [9.17, 15) is 10.1 Å². The molecule has 1 unspecified atom stereocenters. The summed E-state index contributed by atoms with van der Waals surface area (Å²) in [5, 5.41) is 21.7. The summed E-state index contributed by atoms with van der Waals surface area (Å²) in [4.78, 5) is 14.9. The molecule has 0 aliphatic rings. The van der Waals surface area contributed by atoms with E-state index >= 15 is 0 Å². The Labute approximate surface area is 189 Å². The number of benzene rings is 1. The molecule has 2 aromatic heterocycles. The summed E-state index contributed by atoms with van der Waals surface area (Å²) in [5.74, 6) is 1.40. The Hall–Kier alpha value is -2.28. The average molecular weight is 458 g/mol. The number of nitrogens with one attached hydrogen (secondary N) is 1. The summed E-state index contributed by atoms with van der Waals surface area (Å²) >= 11 is 4.49. The lowest BCUT2D eigenvalue weighted by atomic mass is 10.2. The van der Waals surface area contributed by atoms with Crippen molar-refractivity contribution < 1.29 is 4.79 Å². The minimum atomic E-state index is -0.375. The molecule has 1 atom stereocenters. The number of nitrogens with zero attached hydrogens (tertiary/aromatic N) is 4. The van der Waals surface area contributed by atoms with E-state index in [4.69, 9.17) is 0 Å². The molecular weight excluding hydrogens is 434 g/mol. The van der Waals surface area contributed by atoms with Gasteiger partial charge in [0.2, 0.25) is 5.91 Å². The van der Waals surface area contributed by atoms with E-state index in [1.54, 1.807) is 11.8 Å². The maximum atomic E-state index is 12.7. The van der Waals surface area contributed by atoms with Gasteiger partial charge >= 0.3 is 0 Å². The Balaban J connectivity index is 1.62. The highest BCUT2D eigenvalue weighted by Gasteiger charge is 2.21. The van der Waals surface area contributed by atoms with Gasteiger partial charge in [-0.15, -0.1) is 33.3 Å². The molecule has 156 valence electrons. The molecule has 2 heterocycles. The van der Waals surface area contributed by atoms with Crippen LogP contribution in [0.4, 0.5) is 5.00 Å². The van der Waals surface area contributed by atoms with E-state index < -0.39 is 0 Å². The quantitative estimate of drug-likeness (QED) is 0.498. The molecule has 0 saturated carbocycles. The number of aromatic nitrogens is 3. The van der Waals surface area contributed by atoms with Gasteiger partial charge < -0.3 is 9.88 Å². The first-order chi connectivity index (χ1) is 14.3. The van der Waals surface area contributed by atoms with Crippen LogP contribution >= 0.6 is 34.9 Å². The number of amides is 1. The van der Waals surface area contributed by atoms with Gasteiger partial charge in [-0.05, 0) is 45.4 Å². The summed E-state index contributed by atoms with van der Waals surface area (Å²) in [6, 6.07) is 10.6. The van der Waals surface area contributed by atoms with Crippen LogP contribution in [0.15, 0.2) is 34.3 Å². The van der Waals surface area contributed by atoms with Crippen molar-refractivity contribution in [3.8, 4) is 6.07 Å². The van der Waals surface area contributed by atoms with Crippen LogP contribution in [0.5, 0.6) is 0 Å². The third kappa shape index (κ3) is 5.06. The SMILES string of the molecule is Cc1ccc(SCc2nnc(SC(C)C(=O)Nc3sc(C)c(C)c3C#N)n2C)cc1. The predicted octanol–water partition coefficient (Wildman–Crippen LogP) is 5.09. The van der Waals surface area contributed by atoms with Crippen LogP contribution in [0.3, 0.4) is 0 Å². The van der Waals surface area contributed by atoms with E-state index in [1.165, 1.54) is 33.6 Å². The first kappa shape index (κ1) is 22.4. The van der Waals surface area contributed by atoms with Gasteiger partial charge in [-0.2, -0.15) is 5.26 Å². The molecule has 1 N–H and O–H groups in total. The topological polar surface area (TPSA) is 83.6 Å². The largest absolute Gasteiger partial charge is 0.316 e. The van der Waals surface area contributed by atoms with E-state index in [1.807, 2.05) is 32.4 Å². The molecule has 0 aliphatic carbocycles. The molecule has 1 amide bonds. The predicted molar refractivity (Wildman–Crippen MR) is 124 cm³/mol. The van der Waals surface area contributed by atoms with Crippen LogP contribution in [-0.4, -0.2) is 25.9 Å². The number of carbonyl (C=O) groups excluding carboxylic acids is 1. The highest BCUT2D eigenvalue weighted by molar-refractivity contribution is 8.00. The highest BCUT2D eigenvalue weighted by atomic mass is 32.2. The molecule has 30 heavy (non-hydrogen) atoms. The standard InChI is InChI=1S/C21H23N5OS3/c1-12-6-8-16(9-7-12)28-11-18-24-25-21(26(18)5)30-15(4)19(27)23-20-17(10-22)13(2)14(3)29-20/h6-9,15H,11H2,1-5H3,(H,23,27). The summed E-state index contributed by atoms with van der Waals surface area (Å²) < 4.78 is 1.93. The number of thioether (sulfide) groups is 2. The number of hydrogen-bond donors (Lipinski definition) is 1. The van der Waals surface area contributed by atoms with Crippen LogP contribution in [0.2, 0.25) is 0 Å².